The molecule has 26 heavy (non-hydrogen) atoms. The van der Waals surface area contributed by atoms with Gasteiger partial charge in [-0.25, -0.2) is 9.78 Å². The summed E-state index contributed by atoms with van der Waals surface area (Å²) in [6.07, 6.45) is 1.45. The molecular weight excluding hydrogens is 332 g/mol. The van der Waals surface area contributed by atoms with E-state index in [1.165, 1.54) is 10.7 Å². The molecule has 0 atom stereocenters. The molecule has 1 aromatic carbocycles. The van der Waals surface area contributed by atoms with Gasteiger partial charge in [0.15, 0.2) is 5.65 Å². The lowest BCUT2D eigenvalue weighted by Crippen LogP contribution is -2.12. The van der Waals surface area contributed by atoms with Crippen LogP contribution in [0.1, 0.15) is 42.7 Å². The van der Waals surface area contributed by atoms with Crippen LogP contribution in [0.3, 0.4) is 0 Å². The summed E-state index contributed by atoms with van der Waals surface area (Å²) in [4.78, 5) is 16.5. The van der Waals surface area contributed by atoms with E-state index in [0.717, 1.165) is 22.6 Å². The Labute approximate surface area is 151 Å². The van der Waals surface area contributed by atoms with E-state index in [0.29, 0.717) is 5.65 Å². The van der Waals surface area contributed by atoms with E-state index in [1.807, 2.05) is 24.3 Å². The molecule has 0 aliphatic rings. The molecule has 0 spiro atoms. The first kappa shape index (κ1) is 17.7. The molecule has 0 unspecified atom stereocenters. The van der Waals surface area contributed by atoms with Crippen LogP contribution in [0.25, 0.3) is 16.8 Å². The Kier molecular flexibility index (Phi) is 4.79. The molecule has 0 amide bonds. The molecule has 2 aromatic heterocycles. The minimum absolute atomic E-state index is 0.152. The molecule has 7 nitrogen and oxygen atoms in total. The third-order valence-corrected chi connectivity index (χ3v) is 4.13. The highest BCUT2D eigenvalue weighted by molar-refractivity contribution is 5.95. The Balaban J connectivity index is 2.22. The number of nitrogen functional groups attached to an aromatic ring is 1. The number of anilines is 1. The lowest BCUT2D eigenvalue weighted by atomic mass is 9.99. The minimum Gasteiger partial charge on any atom is -0.497 e. The van der Waals surface area contributed by atoms with Gasteiger partial charge < -0.3 is 15.2 Å². The number of aromatic nitrogens is 3. The number of rotatable bonds is 5. The van der Waals surface area contributed by atoms with Crippen LogP contribution in [-0.4, -0.2) is 34.3 Å². The van der Waals surface area contributed by atoms with E-state index in [2.05, 4.69) is 23.9 Å². The molecule has 0 saturated heterocycles. The first-order valence-corrected chi connectivity index (χ1v) is 8.46. The molecule has 136 valence electrons. The number of esters is 1. The second-order valence-electron chi connectivity index (χ2n) is 6.16. The molecule has 0 aliphatic carbocycles. The first-order valence-electron chi connectivity index (χ1n) is 8.46. The van der Waals surface area contributed by atoms with Crippen LogP contribution < -0.4 is 10.5 Å². The van der Waals surface area contributed by atoms with Crippen LogP contribution >= 0.6 is 0 Å². The highest BCUT2D eigenvalue weighted by Crippen LogP contribution is 2.34. The molecule has 3 rings (SSSR count). The molecule has 0 bridgehead atoms. The zero-order valence-electron chi connectivity index (χ0n) is 15.3. The minimum atomic E-state index is -0.507. The van der Waals surface area contributed by atoms with Gasteiger partial charge in [0.2, 0.25) is 0 Å². The summed E-state index contributed by atoms with van der Waals surface area (Å²) in [7, 11) is 1.63. The Morgan fingerprint density at radius 1 is 1.27 bits per heavy atom. The van der Waals surface area contributed by atoms with Gasteiger partial charge >= 0.3 is 5.97 Å². The average molecular weight is 354 g/mol. The molecular formula is C19H22N4O3. The summed E-state index contributed by atoms with van der Waals surface area (Å²) < 4.78 is 11.8. The van der Waals surface area contributed by atoms with E-state index in [-0.39, 0.29) is 23.9 Å². The van der Waals surface area contributed by atoms with Gasteiger partial charge in [0.05, 0.1) is 25.0 Å². The number of nitrogens with two attached hydrogens (primary N) is 1. The summed E-state index contributed by atoms with van der Waals surface area (Å²) in [5, 5.41) is 4.62. The largest absolute Gasteiger partial charge is 0.497 e. The topological polar surface area (TPSA) is 91.7 Å². The fourth-order valence-electron chi connectivity index (χ4n) is 2.82. The Morgan fingerprint density at radius 3 is 2.54 bits per heavy atom. The maximum absolute atomic E-state index is 12.1. The number of nitrogens with zero attached hydrogens (tertiary/aromatic N) is 3. The third-order valence-electron chi connectivity index (χ3n) is 4.13. The van der Waals surface area contributed by atoms with E-state index < -0.39 is 5.97 Å². The molecule has 0 aliphatic heterocycles. The van der Waals surface area contributed by atoms with Gasteiger partial charge in [0.1, 0.15) is 17.1 Å². The highest BCUT2D eigenvalue weighted by atomic mass is 16.5. The van der Waals surface area contributed by atoms with Crippen LogP contribution in [0.2, 0.25) is 0 Å². The van der Waals surface area contributed by atoms with Gasteiger partial charge in [0, 0.05) is 6.20 Å². The summed E-state index contributed by atoms with van der Waals surface area (Å²) in [6, 6.07) is 7.69. The van der Waals surface area contributed by atoms with Crippen LogP contribution in [0.15, 0.2) is 30.5 Å². The van der Waals surface area contributed by atoms with Crippen molar-refractivity contribution in [3.8, 4) is 16.9 Å². The lowest BCUT2D eigenvalue weighted by molar-refractivity contribution is 0.0526. The van der Waals surface area contributed by atoms with Crippen molar-refractivity contribution in [3.63, 3.8) is 0 Å². The zero-order valence-corrected chi connectivity index (χ0v) is 15.3. The zero-order chi connectivity index (χ0) is 18.8. The molecule has 0 radical (unpaired) electrons. The number of carbonyl (C=O) groups is 1. The van der Waals surface area contributed by atoms with Crippen molar-refractivity contribution in [2.45, 2.75) is 26.7 Å². The number of benzene rings is 1. The smallest absolute Gasteiger partial charge is 0.343 e. The van der Waals surface area contributed by atoms with Crippen LogP contribution in [-0.2, 0) is 4.74 Å². The molecule has 0 saturated carbocycles. The van der Waals surface area contributed by atoms with Crippen molar-refractivity contribution < 1.29 is 14.3 Å². The predicted octanol–water partition coefficient (Wildman–Crippen LogP) is 3.29. The summed E-state index contributed by atoms with van der Waals surface area (Å²) in [5.74, 6) is 0.634. The van der Waals surface area contributed by atoms with Crippen molar-refractivity contribution in [2.75, 3.05) is 19.5 Å². The Bertz CT molecular complexity index is 946. The van der Waals surface area contributed by atoms with Crippen molar-refractivity contribution in [1.82, 2.24) is 14.6 Å². The maximum Gasteiger partial charge on any atom is 0.343 e. The van der Waals surface area contributed by atoms with Gasteiger partial charge in [-0.15, -0.1) is 0 Å². The van der Waals surface area contributed by atoms with E-state index in [4.69, 9.17) is 15.2 Å². The SMILES string of the molecule is CCOC(=O)c1cnc2c(-c3ccc(OC)cc3)c(C(C)C)nn2c1N. The summed E-state index contributed by atoms with van der Waals surface area (Å²) in [5.41, 5.74) is 9.71. The monoisotopic (exact) mass is 354 g/mol. The molecule has 2 N–H and O–H groups in total. The second-order valence-corrected chi connectivity index (χ2v) is 6.16. The average Bonchev–Trinajstić information content (AvgIpc) is 3.03. The third kappa shape index (κ3) is 2.96. The van der Waals surface area contributed by atoms with Crippen molar-refractivity contribution in [3.05, 3.63) is 41.7 Å². The van der Waals surface area contributed by atoms with Crippen LogP contribution in [0.5, 0.6) is 5.75 Å². The predicted molar refractivity (Wildman–Crippen MR) is 99.4 cm³/mol. The highest BCUT2D eigenvalue weighted by Gasteiger charge is 2.22. The van der Waals surface area contributed by atoms with Gasteiger partial charge in [-0.3, -0.25) is 0 Å². The van der Waals surface area contributed by atoms with Crippen LogP contribution in [0.4, 0.5) is 5.82 Å². The Hall–Kier alpha value is -3.09. The van der Waals surface area contributed by atoms with Crippen molar-refractivity contribution in [1.29, 1.82) is 0 Å². The van der Waals surface area contributed by atoms with E-state index in [9.17, 15) is 4.79 Å². The van der Waals surface area contributed by atoms with Crippen molar-refractivity contribution >= 4 is 17.4 Å². The first-order chi connectivity index (χ1) is 12.5. The van der Waals surface area contributed by atoms with Gasteiger partial charge in [-0.05, 0) is 30.5 Å². The molecule has 2 heterocycles. The summed E-state index contributed by atoms with van der Waals surface area (Å²) >= 11 is 0. The Morgan fingerprint density at radius 2 is 1.96 bits per heavy atom. The second kappa shape index (κ2) is 7.03. The standard InChI is InChI=1S/C19H22N4O3/c1-5-26-19(24)14-10-21-18-15(12-6-8-13(25-4)9-7-12)16(11(2)3)22-23(18)17(14)20/h6-11H,5,20H2,1-4H3. The summed E-state index contributed by atoms with van der Waals surface area (Å²) in [6.45, 7) is 6.12. The number of fused-ring (bicyclic) bond motifs is 1. The van der Waals surface area contributed by atoms with Crippen molar-refractivity contribution in [2.24, 2.45) is 0 Å². The van der Waals surface area contributed by atoms with Gasteiger partial charge in [-0.2, -0.15) is 9.61 Å². The maximum atomic E-state index is 12.1. The van der Waals surface area contributed by atoms with E-state index in [1.54, 1.807) is 14.0 Å². The molecule has 7 heteroatoms. The number of ether oxygens (including phenoxy) is 2. The van der Waals surface area contributed by atoms with E-state index >= 15 is 0 Å². The number of hydrogen-bond donors (Lipinski definition) is 1. The van der Waals surface area contributed by atoms with Crippen LogP contribution in [0, 0.1) is 0 Å². The molecule has 3 aromatic rings. The lowest BCUT2D eigenvalue weighted by Gasteiger charge is -2.07. The number of hydrogen-bond acceptors (Lipinski definition) is 6. The fraction of sp³-hybridized carbons (Fsp3) is 0.316. The normalized spacial score (nSPS) is 11.1. The van der Waals surface area contributed by atoms with Gasteiger partial charge in [-0.1, -0.05) is 26.0 Å². The quantitative estimate of drug-likeness (QED) is 0.707. The number of carbonyl (C=O) groups excluding carboxylic acids is 1. The molecule has 0 fully saturated rings. The number of methoxy groups -OCH3 is 1. The van der Waals surface area contributed by atoms with Gasteiger partial charge in [0.25, 0.3) is 0 Å². The fourth-order valence-corrected chi connectivity index (χ4v) is 2.82.